The Kier molecular flexibility index (Phi) is 3.57. The minimum absolute atomic E-state index is 0.153. The van der Waals surface area contributed by atoms with E-state index in [0.29, 0.717) is 24.5 Å². The molecular weight excluding hydrogens is 254 g/mol. The average Bonchev–Trinajstić information content (AvgIpc) is 2.71. The van der Waals surface area contributed by atoms with Crippen LogP contribution in [-0.2, 0) is 13.6 Å². The highest BCUT2D eigenvalue weighted by Crippen LogP contribution is 2.19. The molecule has 2 heterocycles. The molecule has 0 aliphatic heterocycles. The summed E-state index contributed by atoms with van der Waals surface area (Å²) in [6, 6.07) is 0. The highest BCUT2D eigenvalue weighted by Gasteiger charge is 2.11. The molecule has 0 saturated heterocycles. The van der Waals surface area contributed by atoms with Crippen molar-refractivity contribution in [3.63, 3.8) is 0 Å². The first kappa shape index (κ1) is 12.5. The Bertz CT molecular complexity index is 581. The van der Waals surface area contributed by atoms with Gasteiger partial charge in [0, 0.05) is 19.4 Å². The topological polar surface area (TPSA) is 72.7 Å². The van der Waals surface area contributed by atoms with Crippen molar-refractivity contribution in [3.05, 3.63) is 34.8 Å². The van der Waals surface area contributed by atoms with Crippen LogP contribution >= 0.6 is 11.6 Å². The minimum Gasteiger partial charge on any atom is -0.362 e. The zero-order valence-corrected chi connectivity index (χ0v) is 10.8. The number of halogens is 1. The van der Waals surface area contributed by atoms with Crippen LogP contribution in [0.2, 0.25) is 5.15 Å². The lowest BCUT2D eigenvalue weighted by Gasteiger charge is -2.09. The quantitative estimate of drug-likeness (QED) is 0.671. The van der Waals surface area contributed by atoms with Crippen molar-refractivity contribution in [2.24, 2.45) is 7.05 Å². The fourth-order valence-electron chi connectivity index (χ4n) is 1.52. The minimum atomic E-state index is 0.153. The number of aromatic nitrogens is 4. The van der Waals surface area contributed by atoms with Gasteiger partial charge in [-0.25, -0.2) is 15.0 Å². The fourth-order valence-corrected chi connectivity index (χ4v) is 1.77. The molecule has 2 rings (SSSR count). The van der Waals surface area contributed by atoms with Crippen LogP contribution in [0.25, 0.3) is 0 Å². The third-order valence-corrected chi connectivity index (χ3v) is 2.75. The van der Waals surface area contributed by atoms with E-state index in [4.69, 9.17) is 11.6 Å². The van der Waals surface area contributed by atoms with Crippen LogP contribution in [0.3, 0.4) is 0 Å². The third-order valence-electron chi connectivity index (χ3n) is 2.46. The molecule has 0 atom stereocenters. The Morgan fingerprint density at radius 2 is 2.28 bits per heavy atom. The summed E-state index contributed by atoms with van der Waals surface area (Å²) in [6.45, 7) is 2.17. The van der Waals surface area contributed by atoms with E-state index < -0.39 is 0 Å². The summed E-state index contributed by atoms with van der Waals surface area (Å²) < 4.78 is 1.88. The molecule has 94 valence electrons. The Balaban J connectivity index is 2.23. The lowest BCUT2D eigenvalue weighted by Crippen LogP contribution is -2.10. The van der Waals surface area contributed by atoms with Crippen molar-refractivity contribution in [1.82, 2.24) is 19.5 Å². The van der Waals surface area contributed by atoms with Gasteiger partial charge in [0.2, 0.25) is 0 Å². The summed E-state index contributed by atoms with van der Waals surface area (Å²) in [6.07, 6.45) is 4.19. The second-order valence-electron chi connectivity index (χ2n) is 3.75. The molecule has 0 amide bonds. The zero-order valence-electron chi connectivity index (χ0n) is 10.0. The van der Waals surface area contributed by atoms with E-state index in [1.807, 2.05) is 17.8 Å². The van der Waals surface area contributed by atoms with Crippen LogP contribution < -0.4 is 5.32 Å². The van der Waals surface area contributed by atoms with Crippen LogP contribution in [0.4, 0.5) is 5.82 Å². The molecule has 0 unspecified atom stereocenters. The maximum atomic E-state index is 11.0. The van der Waals surface area contributed by atoms with Crippen molar-refractivity contribution in [2.75, 3.05) is 5.32 Å². The van der Waals surface area contributed by atoms with E-state index in [1.165, 1.54) is 0 Å². The van der Waals surface area contributed by atoms with Crippen molar-refractivity contribution < 1.29 is 4.79 Å². The van der Waals surface area contributed by atoms with Gasteiger partial charge in [0.25, 0.3) is 0 Å². The number of carbonyl (C=O) groups is 1. The highest BCUT2D eigenvalue weighted by atomic mass is 35.5. The van der Waals surface area contributed by atoms with E-state index in [-0.39, 0.29) is 10.7 Å². The maximum Gasteiger partial charge on any atom is 0.156 e. The van der Waals surface area contributed by atoms with Gasteiger partial charge in [-0.1, -0.05) is 11.6 Å². The molecule has 1 N–H and O–H groups in total. The molecule has 18 heavy (non-hydrogen) atoms. The van der Waals surface area contributed by atoms with Gasteiger partial charge in [-0.2, -0.15) is 0 Å². The molecule has 0 aromatic carbocycles. The summed E-state index contributed by atoms with van der Waals surface area (Å²) in [7, 11) is 1.89. The van der Waals surface area contributed by atoms with E-state index in [0.717, 1.165) is 5.82 Å². The molecule has 6 nitrogen and oxygen atoms in total. The lowest BCUT2D eigenvalue weighted by molar-refractivity contribution is 0.112. The second-order valence-corrected chi connectivity index (χ2v) is 4.11. The number of carbonyl (C=O) groups excluding carboxylic acids is 1. The fraction of sp³-hybridized carbons (Fsp3) is 0.273. The van der Waals surface area contributed by atoms with Gasteiger partial charge in [-0.05, 0) is 6.92 Å². The normalized spacial score (nSPS) is 10.4. The molecule has 0 spiro atoms. The molecule has 0 fully saturated rings. The SMILES string of the molecule is Cc1nc(Cl)c(C=O)c(NCc2nccn2C)n1. The number of nitrogens with one attached hydrogen (secondary N) is 1. The van der Waals surface area contributed by atoms with E-state index in [9.17, 15) is 4.79 Å². The summed E-state index contributed by atoms with van der Waals surface area (Å²) >= 11 is 5.88. The van der Waals surface area contributed by atoms with Crippen LogP contribution in [-0.4, -0.2) is 25.8 Å². The third kappa shape index (κ3) is 2.48. The number of hydrogen-bond acceptors (Lipinski definition) is 5. The summed E-state index contributed by atoms with van der Waals surface area (Å²) in [5.41, 5.74) is 0.261. The standard InChI is InChI=1S/C11H12ClN5O/c1-7-15-10(12)8(6-18)11(16-7)14-5-9-13-3-4-17(9)2/h3-4,6H,5H2,1-2H3,(H,14,15,16). The summed E-state index contributed by atoms with van der Waals surface area (Å²) in [5, 5.41) is 3.19. The largest absolute Gasteiger partial charge is 0.362 e. The Morgan fingerprint density at radius 3 is 2.89 bits per heavy atom. The van der Waals surface area contributed by atoms with Crippen molar-refractivity contribution >= 4 is 23.7 Å². The molecule has 0 bridgehead atoms. The smallest absolute Gasteiger partial charge is 0.156 e. The molecule has 0 aliphatic carbocycles. The van der Waals surface area contributed by atoms with Crippen molar-refractivity contribution in [2.45, 2.75) is 13.5 Å². The zero-order chi connectivity index (χ0) is 13.1. The second kappa shape index (κ2) is 5.14. The number of hydrogen-bond donors (Lipinski definition) is 1. The first-order valence-electron chi connectivity index (χ1n) is 5.31. The molecule has 0 saturated carbocycles. The van der Waals surface area contributed by atoms with Gasteiger partial charge in [0.05, 0.1) is 12.1 Å². The van der Waals surface area contributed by atoms with Gasteiger partial charge in [-0.15, -0.1) is 0 Å². The first-order valence-corrected chi connectivity index (χ1v) is 5.69. The van der Waals surface area contributed by atoms with Gasteiger partial charge < -0.3 is 9.88 Å². The number of anilines is 1. The molecule has 0 radical (unpaired) electrons. The van der Waals surface area contributed by atoms with E-state index in [1.54, 1.807) is 13.1 Å². The first-order chi connectivity index (χ1) is 8.61. The van der Waals surface area contributed by atoms with Gasteiger partial charge in [0.1, 0.15) is 22.6 Å². The van der Waals surface area contributed by atoms with Crippen LogP contribution in [0.5, 0.6) is 0 Å². The molecule has 2 aromatic heterocycles. The summed E-state index contributed by atoms with van der Waals surface area (Å²) in [5.74, 6) is 1.76. The predicted octanol–water partition coefficient (Wildman–Crippen LogP) is 1.60. The van der Waals surface area contributed by atoms with Crippen molar-refractivity contribution in [1.29, 1.82) is 0 Å². The van der Waals surface area contributed by atoms with Crippen LogP contribution in [0.15, 0.2) is 12.4 Å². The van der Waals surface area contributed by atoms with Gasteiger partial charge >= 0.3 is 0 Å². The van der Waals surface area contributed by atoms with Crippen LogP contribution in [0.1, 0.15) is 22.0 Å². The number of imidazole rings is 1. The predicted molar refractivity (Wildman–Crippen MR) is 67.7 cm³/mol. The Labute approximate surface area is 109 Å². The molecule has 0 aliphatic rings. The van der Waals surface area contributed by atoms with Crippen molar-refractivity contribution in [3.8, 4) is 0 Å². The lowest BCUT2D eigenvalue weighted by atomic mass is 10.3. The van der Waals surface area contributed by atoms with Crippen LogP contribution in [0, 0.1) is 6.92 Å². The van der Waals surface area contributed by atoms with E-state index in [2.05, 4.69) is 20.3 Å². The summed E-state index contributed by atoms with van der Waals surface area (Å²) in [4.78, 5) is 23.2. The average molecular weight is 266 g/mol. The number of rotatable bonds is 4. The molecular formula is C11H12ClN5O. The number of aldehydes is 1. The molecule has 2 aromatic rings. The highest BCUT2D eigenvalue weighted by molar-refractivity contribution is 6.32. The Morgan fingerprint density at radius 1 is 1.50 bits per heavy atom. The monoisotopic (exact) mass is 265 g/mol. The van der Waals surface area contributed by atoms with Gasteiger partial charge in [-0.3, -0.25) is 4.79 Å². The maximum absolute atomic E-state index is 11.0. The number of aryl methyl sites for hydroxylation is 2. The Hall–Kier alpha value is -1.95. The molecule has 7 heteroatoms. The van der Waals surface area contributed by atoms with E-state index >= 15 is 0 Å². The number of nitrogens with zero attached hydrogens (tertiary/aromatic N) is 4. The van der Waals surface area contributed by atoms with Gasteiger partial charge in [0.15, 0.2) is 6.29 Å².